The van der Waals surface area contributed by atoms with E-state index in [1.54, 1.807) is 79.5 Å². The molecular weight excluding hydrogens is 1210 g/mol. The second-order valence-corrected chi connectivity index (χ2v) is 24.6. The minimum Gasteiger partial charge on any atom is -0.497 e. The number of rotatable bonds is 24. The van der Waals surface area contributed by atoms with Crippen LogP contribution in [0.25, 0.3) is 22.3 Å². The number of imidazole rings is 2. The Hall–Kier alpha value is -8.42. The van der Waals surface area contributed by atoms with Gasteiger partial charge < -0.3 is 52.8 Å². The SMILES string of the molecule is COc1ccc(C(OC[C@@]23CO[C@@H]([C@H](n4cnc5c(NC(=O)c6ccccc6)ncnc54)O2)[C@@H]3OP(=S)(OCCC#N)OC[C@@]23CO[C@@H]([C@H](n4cnc5c(NC(=O)c6ccccc6)ncnc54)O2)[C@@H]3O[P+](=O)O)(c2ccccc2)c2ccc(OC)cc2)cc1. The molecule has 89 heavy (non-hydrogen) atoms. The number of nitrogens with one attached hydrogen (secondary N) is 2. The van der Waals surface area contributed by atoms with E-state index in [1.807, 2.05) is 78.9 Å². The Morgan fingerprint density at radius 3 is 1.63 bits per heavy atom. The van der Waals surface area contributed by atoms with E-state index in [0.717, 1.165) is 5.56 Å². The number of amides is 2. The van der Waals surface area contributed by atoms with Gasteiger partial charge in [-0.15, -0.1) is 9.42 Å². The highest BCUT2D eigenvalue weighted by Crippen LogP contribution is 2.61. The highest BCUT2D eigenvalue weighted by atomic mass is 32.5. The fourth-order valence-electron chi connectivity index (χ4n) is 11.6. The molecule has 4 saturated heterocycles. The fraction of sp³-hybridized carbons (Fsp3) is 0.283. The molecule has 0 radical (unpaired) electrons. The lowest BCUT2D eigenvalue weighted by molar-refractivity contribution is -0.202. The van der Waals surface area contributed by atoms with Crippen LogP contribution in [0.3, 0.4) is 0 Å². The van der Waals surface area contributed by atoms with Crippen LogP contribution in [-0.2, 0) is 63.8 Å². The number of aromatic nitrogens is 8. The summed E-state index contributed by atoms with van der Waals surface area (Å²) < 4.78 is 87.8. The molecule has 13 rings (SSSR count). The molecule has 4 bridgehead atoms. The van der Waals surface area contributed by atoms with Gasteiger partial charge in [0.05, 0.1) is 72.4 Å². The zero-order valence-electron chi connectivity index (χ0n) is 47.3. The lowest BCUT2D eigenvalue weighted by Gasteiger charge is -2.40. The Labute approximate surface area is 513 Å². The van der Waals surface area contributed by atoms with Crippen molar-refractivity contribution in [3.05, 3.63) is 193 Å². The number of ether oxygens (including phenoxy) is 7. The van der Waals surface area contributed by atoms with E-state index in [-0.39, 0.29) is 66.8 Å². The molecule has 8 heterocycles. The van der Waals surface area contributed by atoms with Gasteiger partial charge in [0.1, 0.15) is 53.7 Å². The maximum atomic E-state index is 13.5. The molecular formula is C60H54N11O15P2S+. The first-order chi connectivity index (χ1) is 43.4. The van der Waals surface area contributed by atoms with Crippen molar-refractivity contribution in [3.8, 4) is 17.6 Å². The first-order valence-electron chi connectivity index (χ1n) is 27.8. The third-order valence-corrected chi connectivity index (χ3v) is 18.6. The largest absolute Gasteiger partial charge is 0.695 e. The van der Waals surface area contributed by atoms with Gasteiger partial charge in [0.15, 0.2) is 58.1 Å². The van der Waals surface area contributed by atoms with Crippen LogP contribution >= 0.6 is 15.0 Å². The van der Waals surface area contributed by atoms with Crippen LogP contribution in [0.5, 0.6) is 11.5 Å². The molecule has 26 nitrogen and oxygen atoms in total. The Kier molecular flexibility index (Phi) is 16.6. The molecule has 0 aliphatic carbocycles. The number of benzene rings is 5. The van der Waals surface area contributed by atoms with Crippen LogP contribution in [0, 0.1) is 11.3 Å². The van der Waals surface area contributed by atoms with Crippen LogP contribution in [0.4, 0.5) is 11.6 Å². The Morgan fingerprint density at radius 1 is 0.674 bits per heavy atom. The summed E-state index contributed by atoms with van der Waals surface area (Å²) >= 11 is 6.38. The minimum atomic E-state index is -4.22. The lowest BCUT2D eigenvalue weighted by atomic mass is 9.79. The number of methoxy groups -OCH3 is 2. The van der Waals surface area contributed by atoms with Crippen LogP contribution in [0.2, 0.25) is 0 Å². The van der Waals surface area contributed by atoms with Gasteiger partial charge in [-0.1, -0.05) is 91.0 Å². The number of hydrogen-bond donors (Lipinski definition) is 3. The lowest BCUT2D eigenvalue weighted by Crippen LogP contribution is -2.49. The van der Waals surface area contributed by atoms with Crippen LogP contribution in [-0.4, -0.2) is 139 Å². The number of carbonyl (C=O) groups excluding carboxylic acids is 2. The maximum absolute atomic E-state index is 13.5. The van der Waals surface area contributed by atoms with E-state index in [1.165, 1.54) is 29.9 Å². The molecule has 0 spiro atoms. The number of hydrogen-bond acceptors (Lipinski definition) is 22. The average molecular weight is 1260 g/mol. The minimum absolute atomic E-state index is 0.112. The fourth-order valence-corrected chi connectivity index (χ4v) is 14.2. The summed E-state index contributed by atoms with van der Waals surface area (Å²) in [4.78, 5) is 64.1. The van der Waals surface area contributed by atoms with Crippen molar-refractivity contribution >= 4 is 72.6 Å². The molecule has 4 aromatic heterocycles. The van der Waals surface area contributed by atoms with Gasteiger partial charge in [-0.25, -0.2) is 29.9 Å². The van der Waals surface area contributed by atoms with Crippen molar-refractivity contribution < 1.29 is 70.3 Å². The molecule has 4 fully saturated rings. The van der Waals surface area contributed by atoms with E-state index in [2.05, 4.69) is 46.6 Å². The third kappa shape index (κ3) is 11.2. The van der Waals surface area contributed by atoms with Gasteiger partial charge >= 0.3 is 15.0 Å². The van der Waals surface area contributed by atoms with Gasteiger partial charge in [-0.3, -0.25) is 23.2 Å². The quantitative estimate of drug-likeness (QED) is 0.0292. The van der Waals surface area contributed by atoms with Gasteiger partial charge in [0.25, 0.3) is 11.8 Å². The molecule has 29 heteroatoms. The van der Waals surface area contributed by atoms with E-state index >= 15 is 0 Å². The molecule has 2 amide bonds. The van der Waals surface area contributed by atoms with Crippen molar-refractivity contribution in [1.82, 2.24) is 39.0 Å². The second-order valence-electron chi connectivity index (χ2n) is 21.0. The van der Waals surface area contributed by atoms with Crippen LogP contribution < -0.4 is 20.1 Å². The smallest absolute Gasteiger partial charge is 0.497 e. The summed E-state index contributed by atoms with van der Waals surface area (Å²) in [6.45, 7) is -5.62. The molecule has 2 unspecified atom stereocenters. The summed E-state index contributed by atoms with van der Waals surface area (Å²) in [5.74, 6) is 0.606. The predicted octanol–water partition coefficient (Wildman–Crippen LogP) is 8.12. The molecule has 9 aromatic rings. The van der Waals surface area contributed by atoms with Gasteiger partial charge in [0.2, 0.25) is 0 Å². The molecule has 5 aromatic carbocycles. The van der Waals surface area contributed by atoms with Crippen molar-refractivity contribution in [2.45, 2.75) is 60.1 Å². The number of carbonyl (C=O) groups is 2. The van der Waals surface area contributed by atoms with Crippen LogP contribution in [0.15, 0.2) is 165 Å². The number of nitriles is 1. The monoisotopic (exact) mass is 1260 g/mol. The van der Waals surface area contributed by atoms with Crippen molar-refractivity contribution in [2.24, 2.45) is 0 Å². The average Bonchev–Trinajstić information content (AvgIpc) is 1.64. The highest BCUT2D eigenvalue weighted by Gasteiger charge is 2.68. The zero-order chi connectivity index (χ0) is 61.3. The molecule has 3 N–H and O–H groups in total. The first kappa shape index (κ1) is 59.5. The Balaban J connectivity index is 0.864. The number of fused-ring (bicyclic) bond motifs is 6. The van der Waals surface area contributed by atoms with Crippen molar-refractivity contribution in [2.75, 3.05) is 57.9 Å². The second kappa shape index (κ2) is 24.9. The van der Waals surface area contributed by atoms with E-state index in [4.69, 9.17) is 63.1 Å². The van der Waals surface area contributed by atoms with Gasteiger partial charge in [0, 0.05) is 15.7 Å². The molecule has 10 atom stereocenters. The van der Waals surface area contributed by atoms with Crippen molar-refractivity contribution in [1.29, 1.82) is 5.26 Å². The summed E-state index contributed by atoms with van der Waals surface area (Å²) in [7, 11) is -0.108. The topological polar surface area (TPSA) is 308 Å². The van der Waals surface area contributed by atoms with E-state index < -0.39 is 87.1 Å². The maximum Gasteiger partial charge on any atom is 0.695 e. The van der Waals surface area contributed by atoms with Crippen LogP contribution in [0.1, 0.15) is 56.3 Å². The Bertz CT molecular complexity index is 4130. The normalized spacial score (nSPS) is 23.5. The highest BCUT2D eigenvalue weighted by molar-refractivity contribution is 8.07. The van der Waals surface area contributed by atoms with E-state index in [9.17, 15) is 24.3 Å². The van der Waals surface area contributed by atoms with E-state index in [0.29, 0.717) is 33.8 Å². The van der Waals surface area contributed by atoms with Gasteiger partial charge in [-0.05, 0) is 77.0 Å². The third-order valence-electron chi connectivity index (χ3n) is 15.8. The summed E-state index contributed by atoms with van der Waals surface area (Å²) in [5.41, 5.74) is -0.784. The predicted molar refractivity (Wildman–Crippen MR) is 319 cm³/mol. The standard InChI is InChI=1S/C60H53N11O15P2S/c1-76-42-23-19-40(20-24-42)60(39-17-10-5-11-18-39,41-21-25-43(77-2)26-22-41)80-31-58-29-79-47(57(83-58)71-36-67-45-51(63-34-65-53(45)71)69-55(73)38-15-8-4-9-16-38)49(58)86-88(89,81-28-12-27-61)82-32-59-30-78-46(48(59)85-87(74)75)56(84-59)70-35-66-44-50(62-33-64-52(44)70)68-54(72)37-13-6-3-7-14-37/h3-11,13-26,33-36,46-49,56-57H,12,28-32H2,1-2H3,(H2-,62,63,64,65,68,69,72,73,74,75)/p+1/t46-,47-,48+,49+,56-,57-,58-,59-,88?/m1/s1. The first-order valence-corrected chi connectivity index (χ1v) is 31.5. The Morgan fingerprint density at radius 2 is 1.15 bits per heavy atom. The summed E-state index contributed by atoms with van der Waals surface area (Å²) in [6.07, 6.45) is -1.50. The molecule has 454 valence electrons. The molecule has 4 aliphatic rings. The summed E-state index contributed by atoms with van der Waals surface area (Å²) in [6, 6.07) is 43.9. The van der Waals surface area contributed by atoms with Gasteiger partial charge in [-0.2, -0.15) is 5.26 Å². The number of anilines is 2. The number of nitrogens with zero attached hydrogens (tertiary/aromatic N) is 9. The molecule has 4 aliphatic heterocycles. The summed E-state index contributed by atoms with van der Waals surface area (Å²) in [5, 5.41) is 15.5. The zero-order valence-corrected chi connectivity index (χ0v) is 49.9. The molecule has 0 saturated carbocycles. The van der Waals surface area contributed by atoms with Crippen molar-refractivity contribution in [3.63, 3.8) is 0 Å².